The quantitative estimate of drug-likeness (QED) is 0.0363. The highest BCUT2D eigenvalue weighted by Crippen LogP contribution is 2.32. The van der Waals surface area contributed by atoms with Gasteiger partial charge in [-0.1, -0.05) is 169 Å². The maximum Gasteiger partial charge on any atom is 0.333 e. The van der Waals surface area contributed by atoms with Crippen LogP contribution in [0.1, 0.15) is 195 Å². The van der Waals surface area contributed by atoms with E-state index in [1.54, 1.807) is 23.9 Å². The van der Waals surface area contributed by atoms with Crippen LogP contribution in [0.25, 0.3) is 0 Å². The zero-order valence-corrected chi connectivity index (χ0v) is 64.8. The van der Waals surface area contributed by atoms with Gasteiger partial charge in [0.1, 0.15) is 0 Å². The van der Waals surface area contributed by atoms with Gasteiger partial charge >= 0.3 is 11.9 Å². The van der Waals surface area contributed by atoms with Gasteiger partial charge in [-0.3, -0.25) is 47.9 Å². The first kappa shape index (κ1) is 83.0. The molecule has 14 rings (SSSR count). The number of unbranched alkanes of at least 4 members (excludes halogenated alkanes) is 4. The fourth-order valence-electron chi connectivity index (χ4n) is 13.4. The lowest BCUT2D eigenvalue weighted by Crippen LogP contribution is -2.32. The van der Waals surface area contributed by atoms with Crippen LogP contribution in [0.3, 0.4) is 0 Å². The zero-order chi connectivity index (χ0) is 81.7. The maximum atomic E-state index is 13.1. The van der Waals surface area contributed by atoms with Gasteiger partial charge in [0.2, 0.25) is 35.4 Å². The number of benzene rings is 8. The summed E-state index contributed by atoms with van der Waals surface area (Å²) in [5, 5.41) is 6.30. The van der Waals surface area contributed by atoms with Crippen molar-refractivity contribution < 1.29 is 67.2 Å². The topological polar surface area (TPSA) is 267 Å². The van der Waals surface area contributed by atoms with Gasteiger partial charge in [-0.25, -0.2) is 9.59 Å². The molecule has 0 bridgehead atoms. The predicted molar refractivity (Wildman–Crippen MR) is 437 cm³/mol. The van der Waals surface area contributed by atoms with Crippen molar-refractivity contribution in [2.24, 2.45) is 0 Å². The third-order valence-electron chi connectivity index (χ3n) is 19.8. The Labute approximate surface area is 674 Å². The Bertz CT molecular complexity index is 4990. The Hall–Kier alpha value is -14.0. The molecule has 6 heterocycles. The number of hydrogen-bond acceptors (Lipinski definition) is 14. The Morgan fingerprint density at radius 3 is 0.716 bits per heavy atom. The van der Waals surface area contributed by atoms with E-state index in [0.717, 1.165) is 89.5 Å². The van der Waals surface area contributed by atoms with Crippen molar-refractivity contribution in [3.05, 3.63) is 261 Å². The Morgan fingerprint density at radius 2 is 0.474 bits per heavy atom. The number of carbonyl (C=O) groups is 12. The SMILES string of the molecule is CNC(=O)CCCCC(=O)N1Cc2ccccc2C#Cc2ccccc21.CNC(=O)CCCCC(=O)N1Cc2ccccc2C#Cc2ccccc21.O=C(CCCCC(=O)N1Cc2ccccc2C#Cc2ccccc21)ON1C(=O)CCC1=O.O=C(CCCCC(=O)N1Cc2ccccc2C#Cc2ccccc21)ON1C(=O)CCC1=O. The summed E-state index contributed by atoms with van der Waals surface area (Å²) in [6, 6.07) is 62.1. The second kappa shape index (κ2) is 41.5. The van der Waals surface area contributed by atoms with Gasteiger partial charge < -0.3 is 39.9 Å². The summed E-state index contributed by atoms with van der Waals surface area (Å²) in [7, 11) is 3.26. The summed E-state index contributed by atoms with van der Waals surface area (Å²) < 4.78 is 0. The number of anilines is 4. The number of carbonyl (C=O) groups excluding carboxylic acids is 12. The molecule has 588 valence electrons. The van der Waals surface area contributed by atoms with Gasteiger partial charge in [-0.05, 0) is 146 Å². The smallest absolute Gasteiger partial charge is 0.333 e. The Morgan fingerprint density at radius 1 is 0.276 bits per heavy atom. The molecule has 2 saturated heterocycles. The first-order chi connectivity index (χ1) is 56.4. The number of imide groups is 2. The van der Waals surface area contributed by atoms with Crippen molar-refractivity contribution in [3.63, 3.8) is 0 Å². The molecule has 8 aromatic rings. The lowest BCUT2D eigenvalue weighted by molar-refractivity contribution is -0.197. The van der Waals surface area contributed by atoms with E-state index in [-0.39, 0.29) is 86.8 Å². The van der Waals surface area contributed by atoms with Crippen molar-refractivity contribution in [2.75, 3.05) is 33.7 Å². The fraction of sp³-hybridized carbons (Fsp3) is 0.277. The summed E-state index contributed by atoms with van der Waals surface area (Å²) in [6.45, 7) is 1.86. The van der Waals surface area contributed by atoms with E-state index in [0.29, 0.717) is 113 Å². The Balaban J connectivity index is 0.000000153. The summed E-state index contributed by atoms with van der Waals surface area (Å²) >= 11 is 0. The van der Waals surface area contributed by atoms with Crippen LogP contribution in [-0.2, 0) is 93.4 Å². The van der Waals surface area contributed by atoms with Crippen molar-refractivity contribution in [1.29, 1.82) is 0 Å². The van der Waals surface area contributed by atoms with E-state index in [9.17, 15) is 57.5 Å². The van der Waals surface area contributed by atoms with Crippen LogP contribution in [0.2, 0.25) is 0 Å². The molecule has 116 heavy (non-hydrogen) atoms. The van der Waals surface area contributed by atoms with Crippen molar-refractivity contribution in [3.8, 4) is 47.4 Å². The Kier molecular flexibility index (Phi) is 29.7. The van der Waals surface area contributed by atoms with Gasteiger partial charge in [-0.15, -0.1) is 10.1 Å². The van der Waals surface area contributed by atoms with Crippen LogP contribution < -0.4 is 30.2 Å². The monoisotopic (exact) mass is 1550 g/mol. The molecule has 0 aromatic heterocycles. The van der Waals surface area contributed by atoms with E-state index in [2.05, 4.69) is 58.0 Å². The highest BCUT2D eigenvalue weighted by Gasteiger charge is 2.35. The largest absolute Gasteiger partial charge is 0.359 e. The van der Waals surface area contributed by atoms with E-state index in [1.807, 2.05) is 204 Å². The number of rotatable bonds is 22. The maximum absolute atomic E-state index is 13.1. The van der Waals surface area contributed by atoms with Crippen molar-refractivity contribution in [2.45, 2.75) is 155 Å². The molecule has 0 spiro atoms. The molecule has 2 fully saturated rings. The molecule has 22 nitrogen and oxygen atoms in total. The fourth-order valence-corrected chi connectivity index (χ4v) is 13.4. The molecule has 0 aliphatic carbocycles. The van der Waals surface area contributed by atoms with Gasteiger partial charge in [0, 0.05) is 136 Å². The number of nitrogens with one attached hydrogen (secondary N) is 2. The predicted octanol–water partition coefficient (Wildman–Crippen LogP) is 12.7. The average molecular weight is 1550 g/mol. The first-order valence-corrected chi connectivity index (χ1v) is 38.9. The third-order valence-corrected chi connectivity index (χ3v) is 19.8. The highest BCUT2D eigenvalue weighted by molar-refractivity contribution is 6.03. The van der Waals surface area contributed by atoms with Crippen LogP contribution >= 0.6 is 0 Å². The van der Waals surface area contributed by atoms with E-state index >= 15 is 0 Å². The normalized spacial score (nSPS) is 13.4. The molecule has 0 atom stereocenters. The molecule has 22 heteroatoms. The van der Waals surface area contributed by atoms with Gasteiger partial charge in [0.05, 0.1) is 48.9 Å². The molecule has 6 aliphatic rings. The molecular formula is C94H88N8O14. The summed E-state index contributed by atoms with van der Waals surface area (Å²) in [6.07, 6.45) is 7.09. The third kappa shape index (κ3) is 22.7. The second-order valence-corrected chi connectivity index (χ2v) is 27.9. The van der Waals surface area contributed by atoms with Gasteiger partial charge in [-0.2, -0.15) is 0 Å². The van der Waals surface area contributed by atoms with Crippen LogP contribution in [0.15, 0.2) is 194 Å². The number of hydroxylamine groups is 4. The highest BCUT2D eigenvalue weighted by atomic mass is 16.7. The van der Waals surface area contributed by atoms with Crippen LogP contribution in [0.5, 0.6) is 0 Å². The lowest BCUT2D eigenvalue weighted by atomic mass is 10.0. The van der Waals surface area contributed by atoms with Gasteiger partial charge in [0.15, 0.2) is 0 Å². The molecule has 6 aliphatic heterocycles. The first-order valence-electron chi connectivity index (χ1n) is 38.9. The minimum atomic E-state index is -0.651. The number of fused-ring (bicyclic) bond motifs is 8. The molecule has 10 amide bonds. The van der Waals surface area contributed by atoms with Crippen LogP contribution in [0.4, 0.5) is 22.7 Å². The van der Waals surface area contributed by atoms with Crippen molar-refractivity contribution >= 4 is 93.8 Å². The van der Waals surface area contributed by atoms with E-state index in [1.165, 1.54) is 0 Å². The minimum Gasteiger partial charge on any atom is -0.359 e. The summed E-state index contributed by atoms with van der Waals surface area (Å²) in [4.78, 5) is 162. The standard InChI is InChI=1S/2C25H22N2O5.2C22H22N2O2/c2*28-22(11-5-6-12-25(31)32-27-23(29)15-16-24(27)30)26-17-20-9-2-1-7-18(20)13-14-19-8-3-4-10-21(19)26;2*1-23-21(25)12-6-7-13-22(26)24-16-19-10-3-2-8-17(19)14-15-18-9-4-5-11-20(18)24/h2*1-4,7-10H,5-6,11-12,15-17H2;2*2-5,8-11H,6-7,12-13,16H2,1H3,(H,23,25). The average Bonchev–Trinajstić information content (AvgIpc) is 0.996. The molecule has 0 saturated carbocycles. The number of para-hydroxylation sites is 4. The zero-order valence-electron chi connectivity index (χ0n) is 64.8. The van der Waals surface area contributed by atoms with Crippen LogP contribution in [-0.4, -0.2) is 95.2 Å². The summed E-state index contributed by atoms with van der Waals surface area (Å²) in [5.74, 6) is 22.3. The molecule has 8 aromatic carbocycles. The number of amides is 10. The molecular weight excluding hydrogens is 1470 g/mol. The van der Waals surface area contributed by atoms with Crippen molar-refractivity contribution in [1.82, 2.24) is 20.8 Å². The van der Waals surface area contributed by atoms with E-state index in [4.69, 9.17) is 9.68 Å². The molecule has 2 N–H and O–H groups in total. The second-order valence-electron chi connectivity index (χ2n) is 27.9. The molecule has 0 radical (unpaired) electrons. The van der Waals surface area contributed by atoms with Gasteiger partial charge in [0.25, 0.3) is 23.6 Å². The minimum absolute atomic E-state index is 0.0123. The van der Waals surface area contributed by atoms with Crippen LogP contribution in [0, 0.1) is 47.4 Å². The molecule has 0 unspecified atom stereocenters. The summed E-state index contributed by atoms with van der Waals surface area (Å²) in [5.41, 5.74) is 14.3. The lowest BCUT2D eigenvalue weighted by Gasteiger charge is -2.26. The number of hydrogen-bond donors (Lipinski definition) is 2. The van der Waals surface area contributed by atoms with E-state index < -0.39 is 35.6 Å². The number of nitrogens with zero attached hydrogens (tertiary/aromatic N) is 6.